The van der Waals surface area contributed by atoms with Gasteiger partial charge in [0.25, 0.3) is 5.91 Å². The number of aromatic nitrogens is 2. The van der Waals surface area contributed by atoms with E-state index in [-0.39, 0.29) is 5.91 Å². The Bertz CT molecular complexity index is 1030. The van der Waals surface area contributed by atoms with E-state index in [1.165, 1.54) is 11.1 Å². The van der Waals surface area contributed by atoms with Crippen molar-refractivity contribution in [3.63, 3.8) is 0 Å². The van der Waals surface area contributed by atoms with E-state index in [0.29, 0.717) is 12.1 Å². The van der Waals surface area contributed by atoms with Gasteiger partial charge in [-0.3, -0.25) is 4.79 Å². The molecule has 1 aromatic heterocycles. The van der Waals surface area contributed by atoms with Gasteiger partial charge < -0.3 is 9.64 Å². The first-order valence-electron chi connectivity index (χ1n) is 9.61. The summed E-state index contributed by atoms with van der Waals surface area (Å²) in [6, 6.07) is 13.7. The van der Waals surface area contributed by atoms with Crippen LogP contribution in [0.2, 0.25) is 0 Å². The van der Waals surface area contributed by atoms with Crippen molar-refractivity contribution in [2.45, 2.75) is 33.6 Å². The third-order valence-corrected chi connectivity index (χ3v) is 5.39. The molecule has 0 radical (unpaired) electrons. The van der Waals surface area contributed by atoms with Crippen LogP contribution >= 0.6 is 0 Å². The van der Waals surface area contributed by atoms with Crippen molar-refractivity contribution in [2.24, 2.45) is 0 Å². The predicted molar refractivity (Wildman–Crippen MR) is 111 cm³/mol. The fourth-order valence-electron chi connectivity index (χ4n) is 4.01. The molecule has 4 rings (SSSR count). The lowest BCUT2D eigenvalue weighted by molar-refractivity contribution is 0.0984. The number of nitrogens with zero attached hydrogens (tertiary/aromatic N) is 3. The Morgan fingerprint density at radius 1 is 1.07 bits per heavy atom. The summed E-state index contributed by atoms with van der Waals surface area (Å²) in [7, 11) is 1.66. The zero-order valence-electron chi connectivity index (χ0n) is 16.8. The van der Waals surface area contributed by atoms with E-state index in [9.17, 15) is 4.79 Å². The summed E-state index contributed by atoms with van der Waals surface area (Å²) >= 11 is 0. The van der Waals surface area contributed by atoms with E-state index in [2.05, 4.69) is 18.1 Å². The van der Waals surface area contributed by atoms with Gasteiger partial charge in [0, 0.05) is 17.8 Å². The molecule has 5 heteroatoms. The highest BCUT2D eigenvalue weighted by Gasteiger charge is 2.28. The smallest absolute Gasteiger partial charge is 0.258 e. The van der Waals surface area contributed by atoms with E-state index in [1.807, 2.05) is 59.8 Å². The average molecular weight is 375 g/mol. The van der Waals surface area contributed by atoms with E-state index in [1.54, 1.807) is 7.11 Å². The Hall–Kier alpha value is -3.08. The van der Waals surface area contributed by atoms with E-state index in [4.69, 9.17) is 4.74 Å². The summed E-state index contributed by atoms with van der Waals surface area (Å²) in [6.07, 6.45) is 1.93. The number of hydrogen-bond acceptors (Lipinski definition) is 3. The molecule has 1 amide bonds. The van der Waals surface area contributed by atoms with Gasteiger partial charge in [0.1, 0.15) is 5.75 Å². The zero-order valence-corrected chi connectivity index (χ0v) is 16.8. The number of carbonyl (C=O) groups excluding carboxylic acids is 1. The molecule has 2 heterocycles. The van der Waals surface area contributed by atoms with Gasteiger partial charge in [-0.05, 0) is 81.1 Å². The van der Waals surface area contributed by atoms with E-state index in [0.717, 1.165) is 41.4 Å². The molecule has 0 aliphatic carbocycles. The lowest BCUT2D eigenvalue weighted by atomic mass is 9.95. The van der Waals surface area contributed by atoms with Crippen molar-refractivity contribution < 1.29 is 9.53 Å². The summed E-state index contributed by atoms with van der Waals surface area (Å²) in [5.41, 5.74) is 7.00. The number of rotatable bonds is 3. The molecule has 0 bridgehead atoms. The van der Waals surface area contributed by atoms with E-state index < -0.39 is 0 Å². The highest BCUT2D eigenvalue weighted by molar-refractivity contribution is 6.07. The van der Waals surface area contributed by atoms with Gasteiger partial charge in [0.05, 0.1) is 24.2 Å². The summed E-state index contributed by atoms with van der Waals surface area (Å²) in [6.45, 7) is 6.79. The van der Waals surface area contributed by atoms with Gasteiger partial charge in [-0.25, -0.2) is 4.68 Å². The molecule has 1 aliphatic rings. The van der Waals surface area contributed by atoms with Crippen molar-refractivity contribution >= 4 is 11.6 Å². The number of anilines is 1. The maximum absolute atomic E-state index is 13.3. The van der Waals surface area contributed by atoms with Gasteiger partial charge in [0.2, 0.25) is 0 Å². The molecule has 0 saturated heterocycles. The normalized spacial score (nSPS) is 13.4. The first-order valence-corrected chi connectivity index (χ1v) is 9.61. The first-order chi connectivity index (χ1) is 13.5. The highest BCUT2D eigenvalue weighted by atomic mass is 16.5. The molecule has 0 saturated carbocycles. The molecule has 0 spiro atoms. The van der Waals surface area contributed by atoms with Crippen LogP contribution in [0.3, 0.4) is 0 Å². The Morgan fingerprint density at radius 3 is 2.46 bits per heavy atom. The Kier molecular flexibility index (Phi) is 4.67. The number of amides is 1. The Balaban J connectivity index is 1.68. The van der Waals surface area contributed by atoms with Gasteiger partial charge in [-0.15, -0.1) is 0 Å². The van der Waals surface area contributed by atoms with Crippen molar-refractivity contribution in [3.05, 3.63) is 70.5 Å². The minimum atomic E-state index is 0.00441. The number of fused-ring (bicyclic) bond motifs is 1. The number of carbonyl (C=O) groups is 1. The van der Waals surface area contributed by atoms with E-state index >= 15 is 0 Å². The molecule has 1 aliphatic heterocycles. The highest BCUT2D eigenvalue weighted by Crippen LogP contribution is 2.38. The number of benzene rings is 2. The number of ether oxygens (including phenoxy) is 1. The maximum atomic E-state index is 13.3. The molecule has 0 unspecified atom stereocenters. The molecule has 28 heavy (non-hydrogen) atoms. The van der Waals surface area contributed by atoms with Crippen LogP contribution in [0, 0.1) is 20.8 Å². The van der Waals surface area contributed by atoms with Crippen molar-refractivity contribution in [3.8, 4) is 11.4 Å². The minimum absolute atomic E-state index is 0.00441. The van der Waals surface area contributed by atoms with Crippen molar-refractivity contribution in [1.82, 2.24) is 9.78 Å². The van der Waals surface area contributed by atoms with Gasteiger partial charge >= 0.3 is 0 Å². The van der Waals surface area contributed by atoms with Crippen LogP contribution in [0.1, 0.15) is 39.3 Å². The second kappa shape index (κ2) is 7.15. The summed E-state index contributed by atoms with van der Waals surface area (Å²) in [5, 5.41) is 4.51. The summed E-state index contributed by atoms with van der Waals surface area (Å²) in [4.78, 5) is 15.2. The molecular weight excluding hydrogens is 350 g/mol. The summed E-state index contributed by atoms with van der Waals surface area (Å²) in [5.74, 6) is 0.762. The standard InChI is InChI=1S/C23H25N3O2/c1-15-7-12-21(28-4)22-20(15)6-5-13-25(22)23(27)18-8-10-19(11-9-18)26-17(3)14-16(2)24-26/h7-12,14H,5-6,13H2,1-4H3. The molecule has 144 valence electrons. The number of hydrogen-bond donors (Lipinski definition) is 0. The Labute approximate surface area is 165 Å². The number of methoxy groups -OCH3 is 1. The second-order valence-electron chi connectivity index (χ2n) is 7.36. The fourth-order valence-corrected chi connectivity index (χ4v) is 4.01. The van der Waals surface area contributed by atoms with Crippen LogP contribution in [0.15, 0.2) is 42.5 Å². The third-order valence-electron chi connectivity index (χ3n) is 5.39. The zero-order chi connectivity index (χ0) is 19.8. The summed E-state index contributed by atoms with van der Waals surface area (Å²) < 4.78 is 7.47. The van der Waals surface area contributed by atoms with Crippen LogP contribution in [0.5, 0.6) is 5.75 Å². The fraction of sp³-hybridized carbons (Fsp3) is 0.304. The average Bonchev–Trinajstić information content (AvgIpc) is 3.05. The van der Waals surface area contributed by atoms with Gasteiger partial charge in [0.15, 0.2) is 0 Å². The molecule has 5 nitrogen and oxygen atoms in total. The van der Waals surface area contributed by atoms with Crippen molar-refractivity contribution in [1.29, 1.82) is 0 Å². The largest absolute Gasteiger partial charge is 0.495 e. The topological polar surface area (TPSA) is 47.4 Å². The van der Waals surface area contributed by atoms with Gasteiger partial charge in [-0.2, -0.15) is 5.10 Å². The Morgan fingerprint density at radius 2 is 1.82 bits per heavy atom. The molecule has 0 fully saturated rings. The third kappa shape index (κ3) is 3.07. The van der Waals surface area contributed by atoms with Crippen LogP contribution < -0.4 is 9.64 Å². The first kappa shape index (κ1) is 18.3. The molecule has 2 aromatic carbocycles. The minimum Gasteiger partial charge on any atom is -0.495 e. The van der Waals surface area contributed by atoms with Crippen molar-refractivity contribution in [2.75, 3.05) is 18.6 Å². The SMILES string of the molecule is COc1ccc(C)c2c1N(C(=O)c1ccc(-n3nc(C)cc3C)cc1)CCC2. The molecule has 0 N–H and O–H groups in total. The lowest BCUT2D eigenvalue weighted by Crippen LogP contribution is -2.36. The maximum Gasteiger partial charge on any atom is 0.258 e. The van der Waals surface area contributed by atoms with Crippen LogP contribution in [0.25, 0.3) is 5.69 Å². The lowest BCUT2D eigenvalue weighted by Gasteiger charge is -2.32. The van der Waals surface area contributed by atoms with Gasteiger partial charge in [-0.1, -0.05) is 6.07 Å². The second-order valence-corrected chi connectivity index (χ2v) is 7.36. The molecule has 0 atom stereocenters. The van der Waals surface area contributed by atoms with Crippen LogP contribution in [0.4, 0.5) is 5.69 Å². The monoisotopic (exact) mass is 375 g/mol. The van der Waals surface area contributed by atoms with Crippen LogP contribution in [-0.2, 0) is 6.42 Å². The number of aryl methyl sites for hydroxylation is 3. The molecule has 3 aromatic rings. The quantitative estimate of drug-likeness (QED) is 0.682. The molecular formula is C23H25N3O2. The van der Waals surface area contributed by atoms with Crippen LogP contribution in [-0.4, -0.2) is 29.3 Å². The predicted octanol–water partition coefficient (Wildman–Crippen LogP) is 4.40.